The SMILES string of the molecule is COc1cccc(C(O)Cc2cc(F)ccc2F)c1. The minimum atomic E-state index is -0.911. The van der Waals surface area contributed by atoms with Gasteiger partial charge in [0.15, 0.2) is 0 Å². The molecule has 0 aliphatic carbocycles. The Morgan fingerprint density at radius 1 is 1.16 bits per heavy atom. The number of ether oxygens (including phenoxy) is 1. The van der Waals surface area contributed by atoms with Crippen molar-refractivity contribution in [2.24, 2.45) is 0 Å². The van der Waals surface area contributed by atoms with Crippen LogP contribution in [0.3, 0.4) is 0 Å². The zero-order chi connectivity index (χ0) is 13.8. The standard InChI is InChI=1S/C15H14F2O2/c1-19-13-4-2-3-10(8-13)15(18)9-11-7-12(16)5-6-14(11)17/h2-8,15,18H,9H2,1H3. The van der Waals surface area contributed by atoms with Gasteiger partial charge in [-0.1, -0.05) is 12.1 Å². The van der Waals surface area contributed by atoms with E-state index in [4.69, 9.17) is 4.74 Å². The van der Waals surface area contributed by atoms with Crippen molar-refractivity contribution in [1.29, 1.82) is 0 Å². The summed E-state index contributed by atoms with van der Waals surface area (Å²) in [6.07, 6.45) is -0.900. The van der Waals surface area contributed by atoms with Crippen molar-refractivity contribution >= 4 is 0 Å². The van der Waals surface area contributed by atoms with Crippen LogP contribution in [0.2, 0.25) is 0 Å². The summed E-state index contributed by atoms with van der Waals surface area (Å²) < 4.78 is 31.6. The van der Waals surface area contributed by atoms with Crippen LogP contribution < -0.4 is 4.74 Å². The Labute approximate surface area is 110 Å². The number of aliphatic hydroxyl groups is 1. The van der Waals surface area contributed by atoms with Gasteiger partial charge in [-0.25, -0.2) is 8.78 Å². The van der Waals surface area contributed by atoms with Crippen molar-refractivity contribution in [2.75, 3.05) is 7.11 Å². The lowest BCUT2D eigenvalue weighted by molar-refractivity contribution is 0.176. The van der Waals surface area contributed by atoms with Crippen LogP contribution in [-0.2, 0) is 6.42 Å². The van der Waals surface area contributed by atoms with Crippen molar-refractivity contribution < 1.29 is 18.6 Å². The largest absolute Gasteiger partial charge is 0.497 e. The zero-order valence-electron chi connectivity index (χ0n) is 10.4. The monoisotopic (exact) mass is 264 g/mol. The Balaban J connectivity index is 2.20. The van der Waals surface area contributed by atoms with Gasteiger partial charge in [0, 0.05) is 6.42 Å². The second kappa shape index (κ2) is 5.80. The van der Waals surface area contributed by atoms with Gasteiger partial charge in [0.1, 0.15) is 17.4 Å². The summed E-state index contributed by atoms with van der Waals surface area (Å²) >= 11 is 0. The van der Waals surface area contributed by atoms with Crippen molar-refractivity contribution in [3.63, 3.8) is 0 Å². The summed E-state index contributed by atoms with van der Waals surface area (Å²) in [7, 11) is 1.53. The maximum atomic E-state index is 13.5. The molecule has 0 heterocycles. The van der Waals surface area contributed by atoms with Gasteiger partial charge in [0.25, 0.3) is 0 Å². The molecule has 0 saturated heterocycles. The molecule has 19 heavy (non-hydrogen) atoms. The summed E-state index contributed by atoms with van der Waals surface area (Å²) in [5.74, 6) is -0.436. The van der Waals surface area contributed by atoms with Crippen molar-refractivity contribution in [3.05, 3.63) is 65.2 Å². The summed E-state index contributed by atoms with van der Waals surface area (Å²) in [4.78, 5) is 0. The van der Waals surface area contributed by atoms with E-state index in [0.717, 1.165) is 18.2 Å². The van der Waals surface area contributed by atoms with Crippen molar-refractivity contribution in [1.82, 2.24) is 0 Å². The first-order chi connectivity index (χ1) is 9.10. The first-order valence-corrected chi connectivity index (χ1v) is 5.86. The predicted octanol–water partition coefficient (Wildman–Crippen LogP) is 3.25. The molecule has 0 saturated carbocycles. The molecule has 0 aliphatic rings. The molecule has 0 fully saturated rings. The third-order valence-corrected chi connectivity index (χ3v) is 2.90. The lowest BCUT2D eigenvalue weighted by atomic mass is 10.0. The molecule has 2 nitrogen and oxygen atoms in total. The minimum Gasteiger partial charge on any atom is -0.497 e. The Hall–Kier alpha value is -1.94. The molecule has 1 unspecified atom stereocenters. The van der Waals surface area contributed by atoms with Gasteiger partial charge in [-0.15, -0.1) is 0 Å². The molecule has 2 aromatic rings. The van der Waals surface area contributed by atoms with Crippen LogP contribution >= 0.6 is 0 Å². The van der Waals surface area contributed by atoms with E-state index in [1.54, 1.807) is 24.3 Å². The molecular weight excluding hydrogens is 250 g/mol. The van der Waals surface area contributed by atoms with Crippen molar-refractivity contribution in [2.45, 2.75) is 12.5 Å². The average Bonchev–Trinajstić information content (AvgIpc) is 2.43. The molecule has 0 aliphatic heterocycles. The number of hydrogen-bond donors (Lipinski definition) is 1. The van der Waals surface area contributed by atoms with Crippen LogP contribution in [0.5, 0.6) is 5.75 Å². The molecule has 0 spiro atoms. The molecule has 1 atom stereocenters. The molecule has 0 radical (unpaired) electrons. The quantitative estimate of drug-likeness (QED) is 0.918. The lowest BCUT2D eigenvalue weighted by Crippen LogP contribution is -2.04. The van der Waals surface area contributed by atoms with Crippen LogP contribution in [0.4, 0.5) is 8.78 Å². The van der Waals surface area contributed by atoms with Crippen molar-refractivity contribution in [3.8, 4) is 5.75 Å². The van der Waals surface area contributed by atoms with E-state index in [9.17, 15) is 13.9 Å². The third-order valence-electron chi connectivity index (χ3n) is 2.90. The van der Waals surface area contributed by atoms with Gasteiger partial charge in [0.2, 0.25) is 0 Å². The maximum absolute atomic E-state index is 13.5. The van der Waals surface area contributed by atoms with E-state index in [2.05, 4.69) is 0 Å². The minimum absolute atomic E-state index is 0.0107. The van der Waals surface area contributed by atoms with Gasteiger partial charge in [-0.3, -0.25) is 0 Å². The van der Waals surface area contributed by atoms with Crippen LogP contribution in [0, 0.1) is 11.6 Å². The first kappa shape index (κ1) is 13.5. The summed E-state index contributed by atoms with van der Waals surface area (Å²) in [6, 6.07) is 10.1. The Morgan fingerprint density at radius 2 is 1.95 bits per heavy atom. The third kappa shape index (κ3) is 3.29. The first-order valence-electron chi connectivity index (χ1n) is 5.86. The van der Waals surface area contributed by atoms with Gasteiger partial charge in [0.05, 0.1) is 13.2 Å². The molecule has 0 aromatic heterocycles. The summed E-state index contributed by atoms with van der Waals surface area (Å²) in [5.41, 5.74) is 0.748. The Morgan fingerprint density at radius 3 is 2.68 bits per heavy atom. The number of methoxy groups -OCH3 is 1. The highest BCUT2D eigenvalue weighted by Gasteiger charge is 2.13. The fourth-order valence-corrected chi connectivity index (χ4v) is 1.87. The van der Waals surface area contributed by atoms with Gasteiger partial charge in [-0.05, 0) is 41.5 Å². The van der Waals surface area contributed by atoms with E-state index in [-0.39, 0.29) is 12.0 Å². The average molecular weight is 264 g/mol. The number of rotatable bonds is 4. The van der Waals surface area contributed by atoms with Crippen LogP contribution in [-0.4, -0.2) is 12.2 Å². The van der Waals surface area contributed by atoms with E-state index >= 15 is 0 Å². The van der Waals surface area contributed by atoms with E-state index in [1.807, 2.05) is 0 Å². The highest BCUT2D eigenvalue weighted by molar-refractivity contribution is 5.31. The molecular formula is C15H14F2O2. The summed E-state index contributed by atoms with van der Waals surface area (Å²) in [5, 5.41) is 10.1. The second-order valence-electron chi connectivity index (χ2n) is 4.23. The molecule has 0 amide bonds. The molecule has 2 aromatic carbocycles. The Bertz CT molecular complexity index is 570. The molecule has 2 rings (SSSR count). The number of benzene rings is 2. The zero-order valence-corrected chi connectivity index (χ0v) is 10.4. The Kier molecular flexibility index (Phi) is 4.12. The predicted molar refractivity (Wildman–Crippen MR) is 68.0 cm³/mol. The fourth-order valence-electron chi connectivity index (χ4n) is 1.87. The number of halogens is 2. The highest BCUT2D eigenvalue weighted by atomic mass is 19.1. The van der Waals surface area contributed by atoms with Gasteiger partial charge >= 0.3 is 0 Å². The fraction of sp³-hybridized carbons (Fsp3) is 0.200. The van der Waals surface area contributed by atoms with Crippen LogP contribution in [0.25, 0.3) is 0 Å². The normalized spacial score (nSPS) is 12.2. The van der Waals surface area contributed by atoms with Crippen LogP contribution in [0.1, 0.15) is 17.2 Å². The lowest BCUT2D eigenvalue weighted by Gasteiger charge is -2.13. The second-order valence-corrected chi connectivity index (χ2v) is 4.23. The molecule has 4 heteroatoms. The maximum Gasteiger partial charge on any atom is 0.126 e. The molecule has 0 bridgehead atoms. The van der Waals surface area contributed by atoms with E-state index < -0.39 is 17.7 Å². The highest BCUT2D eigenvalue weighted by Crippen LogP contribution is 2.23. The van der Waals surface area contributed by atoms with Crippen LogP contribution in [0.15, 0.2) is 42.5 Å². The summed E-state index contributed by atoms with van der Waals surface area (Å²) in [6.45, 7) is 0. The smallest absolute Gasteiger partial charge is 0.126 e. The van der Waals surface area contributed by atoms with Gasteiger partial charge < -0.3 is 9.84 Å². The topological polar surface area (TPSA) is 29.5 Å². The number of hydrogen-bond acceptors (Lipinski definition) is 2. The van der Waals surface area contributed by atoms with E-state index in [1.165, 1.54) is 7.11 Å². The number of aliphatic hydroxyl groups excluding tert-OH is 1. The van der Waals surface area contributed by atoms with E-state index in [0.29, 0.717) is 11.3 Å². The molecule has 100 valence electrons. The molecule has 1 N–H and O–H groups in total. The van der Waals surface area contributed by atoms with Gasteiger partial charge in [-0.2, -0.15) is 0 Å².